The van der Waals surface area contributed by atoms with Crippen molar-refractivity contribution in [2.45, 2.75) is 50.9 Å². The number of aromatic nitrogens is 2. The largest absolute Gasteiger partial charge is 0.467 e. The quantitative estimate of drug-likeness (QED) is 0.476. The van der Waals surface area contributed by atoms with Crippen LogP contribution in [-0.4, -0.2) is 27.3 Å². The van der Waals surface area contributed by atoms with Crippen molar-refractivity contribution in [1.29, 1.82) is 0 Å². The van der Waals surface area contributed by atoms with E-state index in [9.17, 15) is 9.59 Å². The van der Waals surface area contributed by atoms with Crippen LogP contribution in [0.15, 0.2) is 57.0 Å². The standard InChI is InChI=1S/C23H27N3O3S/c1-15-7-5-11-19(16(15)2)24-21(27)14-30-23-25-20-10-4-3-9-18(20)22(28)26(23)13-17-8-6-12-29-17/h3-4,6,8-10,12,15-16,19H,5,7,11,13-14H2,1-2H3,(H,24,27)/t15-,16+,19-/m1/s1. The minimum Gasteiger partial charge on any atom is -0.467 e. The van der Waals surface area contributed by atoms with Crippen molar-refractivity contribution in [3.8, 4) is 0 Å². The maximum absolute atomic E-state index is 13.1. The van der Waals surface area contributed by atoms with E-state index in [-0.39, 0.29) is 29.8 Å². The van der Waals surface area contributed by atoms with Crippen LogP contribution in [0.2, 0.25) is 0 Å². The number of furan rings is 1. The minimum atomic E-state index is -0.130. The number of nitrogens with zero attached hydrogens (tertiary/aromatic N) is 2. The predicted molar refractivity (Wildman–Crippen MR) is 119 cm³/mol. The average molecular weight is 426 g/mol. The molecule has 2 aromatic heterocycles. The summed E-state index contributed by atoms with van der Waals surface area (Å²) in [5, 5.41) is 4.27. The first-order valence-corrected chi connectivity index (χ1v) is 11.5. The molecule has 0 aliphatic heterocycles. The number of thioether (sulfide) groups is 1. The Bertz CT molecular complexity index is 1080. The highest BCUT2D eigenvalue weighted by atomic mass is 32.2. The molecular formula is C23H27N3O3S. The molecule has 1 N–H and O–H groups in total. The SMILES string of the molecule is C[C@H]1[C@H](C)CCC[C@H]1NC(=O)CSc1nc2ccccc2c(=O)n1Cc1ccco1. The van der Waals surface area contributed by atoms with Gasteiger partial charge in [-0.05, 0) is 42.5 Å². The smallest absolute Gasteiger partial charge is 0.262 e. The van der Waals surface area contributed by atoms with Gasteiger partial charge in [0.25, 0.3) is 5.56 Å². The number of carbonyl (C=O) groups is 1. The zero-order valence-corrected chi connectivity index (χ0v) is 18.2. The fourth-order valence-electron chi connectivity index (χ4n) is 4.12. The predicted octanol–water partition coefficient (Wildman–Crippen LogP) is 4.07. The molecule has 30 heavy (non-hydrogen) atoms. The Hall–Kier alpha value is -2.54. The highest BCUT2D eigenvalue weighted by molar-refractivity contribution is 7.99. The molecule has 1 aliphatic carbocycles. The second-order valence-electron chi connectivity index (χ2n) is 8.11. The number of fused-ring (bicyclic) bond motifs is 1. The highest BCUT2D eigenvalue weighted by Gasteiger charge is 2.28. The lowest BCUT2D eigenvalue weighted by Crippen LogP contribution is -2.44. The van der Waals surface area contributed by atoms with E-state index in [4.69, 9.17) is 4.42 Å². The summed E-state index contributed by atoms with van der Waals surface area (Å²) in [6.45, 7) is 4.75. The Morgan fingerprint density at radius 1 is 1.23 bits per heavy atom. The van der Waals surface area contributed by atoms with Crippen molar-refractivity contribution in [2.24, 2.45) is 11.8 Å². The minimum absolute atomic E-state index is 0.0158. The van der Waals surface area contributed by atoms with E-state index < -0.39 is 0 Å². The fraction of sp³-hybridized carbons (Fsp3) is 0.435. The Balaban J connectivity index is 1.54. The monoisotopic (exact) mass is 425 g/mol. The zero-order chi connectivity index (χ0) is 21.1. The summed E-state index contributed by atoms with van der Waals surface area (Å²) >= 11 is 1.29. The Morgan fingerprint density at radius 2 is 2.07 bits per heavy atom. The van der Waals surface area contributed by atoms with Crippen LogP contribution in [0.25, 0.3) is 10.9 Å². The molecule has 7 heteroatoms. The van der Waals surface area contributed by atoms with Gasteiger partial charge >= 0.3 is 0 Å². The van der Waals surface area contributed by atoms with Gasteiger partial charge in [0.15, 0.2) is 5.16 Å². The second kappa shape index (κ2) is 9.08. The molecule has 4 rings (SSSR count). The van der Waals surface area contributed by atoms with Gasteiger partial charge in [0.05, 0.1) is 29.5 Å². The number of para-hydroxylation sites is 1. The van der Waals surface area contributed by atoms with Crippen LogP contribution in [0.1, 0.15) is 38.9 Å². The normalized spacial score (nSPS) is 21.6. The lowest BCUT2D eigenvalue weighted by Gasteiger charge is -2.34. The Labute approximate surface area is 180 Å². The molecule has 1 aliphatic rings. The van der Waals surface area contributed by atoms with E-state index in [1.807, 2.05) is 24.3 Å². The van der Waals surface area contributed by atoms with Gasteiger partial charge in [0, 0.05) is 6.04 Å². The number of nitrogens with one attached hydrogen (secondary N) is 1. The first-order chi connectivity index (χ1) is 14.5. The van der Waals surface area contributed by atoms with E-state index in [1.54, 1.807) is 23.0 Å². The van der Waals surface area contributed by atoms with E-state index in [1.165, 1.54) is 18.2 Å². The number of benzene rings is 1. The second-order valence-corrected chi connectivity index (χ2v) is 9.05. The molecule has 158 valence electrons. The van der Waals surface area contributed by atoms with E-state index in [0.29, 0.717) is 33.7 Å². The third kappa shape index (κ3) is 4.46. The molecule has 1 saturated carbocycles. The van der Waals surface area contributed by atoms with Crippen molar-refractivity contribution >= 4 is 28.6 Å². The molecule has 2 heterocycles. The summed E-state index contributed by atoms with van der Waals surface area (Å²) in [6.07, 6.45) is 4.99. The summed E-state index contributed by atoms with van der Waals surface area (Å²) in [6, 6.07) is 11.1. The van der Waals surface area contributed by atoms with E-state index in [0.717, 1.165) is 12.8 Å². The summed E-state index contributed by atoms with van der Waals surface area (Å²) in [5.74, 6) is 1.98. The van der Waals surface area contributed by atoms with Gasteiger partial charge in [0.2, 0.25) is 5.91 Å². The van der Waals surface area contributed by atoms with Crippen molar-refractivity contribution in [3.05, 3.63) is 58.8 Å². The van der Waals surface area contributed by atoms with Crippen LogP contribution in [0.4, 0.5) is 0 Å². The van der Waals surface area contributed by atoms with Crippen LogP contribution in [0.3, 0.4) is 0 Å². The maximum Gasteiger partial charge on any atom is 0.262 e. The van der Waals surface area contributed by atoms with Gasteiger partial charge in [-0.1, -0.05) is 50.6 Å². The van der Waals surface area contributed by atoms with Crippen LogP contribution < -0.4 is 10.9 Å². The number of rotatable bonds is 6. The molecule has 0 radical (unpaired) electrons. The van der Waals surface area contributed by atoms with Crippen molar-refractivity contribution < 1.29 is 9.21 Å². The van der Waals surface area contributed by atoms with Crippen LogP contribution in [0.5, 0.6) is 0 Å². The van der Waals surface area contributed by atoms with Gasteiger partial charge in [-0.3, -0.25) is 14.2 Å². The summed E-state index contributed by atoms with van der Waals surface area (Å²) in [5.41, 5.74) is 0.505. The Morgan fingerprint density at radius 3 is 2.87 bits per heavy atom. The van der Waals surface area contributed by atoms with Crippen LogP contribution >= 0.6 is 11.8 Å². The third-order valence-corrected chi connectivity index (χ3v) is 7.08. The van der Waals surface area contributed by atoms with Gasteiger partial charge in [-0.25, -0.2) is 4.98 Å². The summed E-state index contributed by atoms with van der Waals surface area (Å²) < 4.78 is 7.02. The lowest BCUT2D eigenvalue weighted by molar-refractivity contribution is -0.120. The van der Waals surface area contributed by atoms with Gasteiger partial charge in [-0.15, -0.1) is 0 Å². The number of hydrogen-bond acceptors (Lipinski definition) is 5. The maximum atomic E-state index is 13.1. The van der Waals surface area contributed by atoms with Crippen LogP contribution in [-0.2, 0) is 11.3 Å². The molecule has 0 saturated heterocycles. The molecular weight excluding hydrogens is 398 g/mol. The van der Waals surface area contributed by atoms with Crippen molar-refractivity contribution in [2.75, 3.05) is 5.75 Å². The van der Waals surface area contributed by atoms with E-state index >= 15 is 0 Å². The molecule has 3 atom stereocenters. The summed E-state index contributed by atoms with van der Waals surface area (Å²) in [7, 11) is 0. The number of amides is 1. The number of hydrogen-bond donors (Lipinski definition) is 1. The zero-order valence-electron chi connectivity index (χ0n) is 17.3. The molecule has 0 bridgehead atoms. The van der Waals surface area contributed by atoms with E-state index in [2.05, 4.69) is 24.1 Å². The molecule has 1 fully saturated rings. The number of carbonyl (C=O) groups excluding carboxylic acids is 1. The first-order valence-electron chi connectivity index (χ1n) is 10.5. The fourth-order valence-corrected chi connectivity index (χ4v) is 4.93. The highest BCUT2D eigenvalue weighted by Crippen LogP contribution is 2.29. The molecule has 0 spiro atoms. The van der Waals surface area contributed by atoms with Gasteiger partial charge < -0.3 is 9.73 Å². The van der Waals surface area contributed by atoms with Crippen molar-refractivity contribution in [1.82, 2.24) is 14.9 Å². The van der Waals surface area contributed by atoms with Crippen LogP contribution in [0, 0.1) is 11.8 Å². The lowest BCUT2D eigenvalue weighted by atomic mass is 9.78. The topological polar surface area (TPSA) is 77.1 Å². The van der Waals surface area contributed by atoms with Crippen molar-refractivity contribution in [3.63, 3.8) is 0 Å². The third-order valence-electron chi connectivity index (χ3n) is 6.11. The molecule has 1 amide bonds. The molecule has 6 nitrogen and oxygen atoms in total. The molecule has 0 unspecified atom stereocenters. The first kappa shape index (κ1) is 20.7. The molecule has 3 aromatic rings. The average Bonchev–Trinajstić information content (AvgIpc) is 3.25. The molecule has 1 aromatic carbocycles. The Kier molecular flexibility index (Phi) is 6.27. The summed E-state index contributed by atoms with van der Waals surface area (Å²) in [4.78, 5) is 30.4. The van der Waals surface area contributed by atoms with Gasteiger partial charge in [-0.2, -0.15) is 0 Å². The van der Waals surface area contributed by atoms with Gasteiger partial charge in [0.1, 0.15) is 5.76 Å².